The lowest BCUT2D eigenvalue weighted by Crippen LogP contribution is -2.08. The van der Waals surface area contributed by atoms with Crippen LogP contribution in [0.2, 0.25) is 0 Å². The molecule has 1 rings (SSSR count). The third-order valence-electron chi connectivity index (χ3n) is 2.46. The molecule has 0 fully saturated rings. The summed E-state index contributed by atoms with van der Waals surface area (Å²) in [6.07, 6.45) is 5.91. The Bertz CT molecular complexity index is 349. The number of aromatic nitrogens is 2. The zero-order valence-electron chi connectivity index (χ0n) is 10.7. The number of aliphatic hydroxyl groups excluding tert-OH is 1. The average molecular weight is 317 g/mol. The highest BCUT2D eigenvalue weighted by molar-refractivity contribution is 9.10. The van der Waals surface area contributed by atoms with Gasteiger partial charge in [-0.3, -0.25) is 0 Å². The number of rotatable bonds is 9. The predicted molar refractivity (Wildman–Crippen MR) is 77.9 cm³/mol. The highest BCUT2D eigenvalue weighted by atomic mass is 79.9. The van der Waals surface area contributed by atoms with Gasteiger partial charge >= 0.3 is 0 Å². The summed E-state index contributed by atoms with van der Waals surface area (Å²) in [5, 5.41) is 15.0. The van der Waals surface area contributed by atoms with Crippen LogP contribution in [-0.2, 0) is 0 Å². The third-order valence-corrected chi connectivity index (χ3v) is 3.04. The smallest absolute Gasteiger partial charge is 0.224 e. The molecular weight excluding hydrogens is 296 g/mol. The normalized spacial score (nSPS) is 10.4. The molecule has 6 heteroatoms. The van der Waals surface area contributed by atoms with Gasteiger partial charge in [0.1, 0.15) is 5.82 Å². The van der Waals surface area contributed by atoms with Gasteiger partial charge < -0.3 is 15.7 Å². The maximum absolute atomic E-state index is 8.67. The number of nitrogens with zero attached hydrogens (tertiary/aromatic N) is 2. The number of aliphatic hydroxyl groups is 1. The van der Waals surface area contributed by atoms with Crippen molar-refractivity contribution >= 4 is 27.7 Å². The molecule has 3 N–H and O–H groups in total. The molecule has 0 bridgehead atoms. The molecule has 0 aromatic carbocycles. The van der Waals surface area contributed by atoms with Crippen LogP contribution in [-0.4, -0.2) is 34.8 Å². The quantitative estimate of drug-likeness (QED) is 0.611. The van der Waals surface area contributed by atoms with Crippen LogP contribution < -0.4 is 10.6 Å². The Labute approximate surface area is 117 Å². The molecule has 0 spiro atoms. The molecule has 18 heavy (non-hydrogen) atoms. The van der Waals surface area contributed by atoms with Crippen LogP contribution in [0.3, 0.4) is 0 Å². The summed E-state index contributed by atoms with van der Waals surface area (Å²) in [6.45, 7) is 3.99. The van der Waals surface area contributed by atoms with Gasteiger partial charge in [0.25, 0.3) is 0 Å². The number of anilines is 2. The van der Waals surface area contributed by atoms with Gasteiger partial charge in [-0.15, -0.1) is 0 Å². The number of nitrogens with one attached hydrogen (secondary N) is 2. The molecule has 0 amide bonds. The second-order valence-corrected chi connectivity index (χ2v) is 4.84. The van der Waals surface area contributed by atoms with Crippen molar-refractivity contribution in [2.24, 2.45) is 0 Å². The van der Waals surface area contributed by atoms with E-state index in [0.29, 0.717) is 5.95 Å². The van der Waals surface area contributed by atoms with E-state index in [0.717, 1.165) is 49.1 Å². The van der Waals surface area contributed by atoms with E-state index in [9.17, 15) is 0 Å². The highest BCUT2D eigenvalue weighted by Gasteiger charge is 2.03. The first-order valence-electron chi connectivity index (χ1n) is 6.39. The molecule has 0 atom stereocenters. The zero-order chi connectivity index (χ0) is 13.2. The summed E-state index contributed by atoms with van der Waals surface area (Å²) in [5.74, 6) is 1.46. The van der Waals surface area contributed by atoms with Gasteiger partial charge in [-0.2, -0.15) is 4.98 Å². The van der Waals surface area contributed by atoms with E-state index in [-0.39, 0.29) is 6.61 Å². The van der Waals surface area contributed by atoms with E-state index in [2.05, 4.69) is 36.5 Å². The van der Waals surface area contributed by atoms with Crippen LogP contribution in [0, 0.1) is 0 Å². The second kappa shape index (κ2) is 9.10. The van der Waals surface area contributed by atoms with Gasteiger partial charge in [0.05, 0.1) is 4.47 Å². The first kappa shape index (κ1) is 15.2. The van der Waals surface area contributed by atoms with Crippen molar-refractivity contribution in [3.63, 3.8) is 0 Å². The first-order valence-corrected chi connectivity index (χ1v) is 7.18. The molecule has 0 saturated heterocycles. The Balaban J connectivity index is 2.34. The number of unbranched alkanes of at least 4 members (excludes halogenated alkanes) is 3. The van der Waals surface area contributed by atoms with Gasteiger partial charge in [-0.1, -0.05) is 12.8 Å². The minimum absolute atomic E-state index is 0.289. The summed E-state index contributed by atoms with van der Waals surface area (Å²) in [5.41, 5.74) is 0. The molecule has 0 aliphatic carbocycles. The van der Waals surface area contributed by atoms with Crippen LogP contribution >= 0.6 is 15.9 Å². The minimum atomic E-state index is 0.289. The highest BCUT2D eigenvalue weighted by Crippen LogP contribution is 2.20. The summed E-state index contributed by atoms with van der Waals surface area (Å²) in [7, 11) is 0. The lowest BCUT2D eigenvalue weighted by Gasteiger charge is -2.09. The second-order valence-electron chi connectivity index (χ2n) is 3.99. The minimum Gasteiger partial charge on any atom is -0.396 e. The lowest BCUT2D eigenvalue weighted by atomic mass is 10.2. The SMILES string of the molecule is CCNc1ncc(Br)c(NCCCCCCO)n1. The Morgan fingerprint density at radius 3 is 2.72 bits per heavy atom. The molecule has 1 aromatic heterocycles. The monoisotopic (exact) mass is 316 g/mol. The van der Waals surface area contributed by atoms with Crippen LogP contribution in [0.4, 0.5) is 11.8 Å². The average Bonchev–Trinajstić information content (AvgIpc) is 2.37. The van der Waals surface area contributed by atoms with Crippen molar-refractivity contribution < 1.29 is 5.11 Å². The first-order chi connectivity index (χ1) is 8.77. The van der Waals surface area contributed by atoms with E-state index in [4.69, 9.17) is 5.11 Å². The Kier molecular flexibility index (Phi) is 7.68. The van der Waals surface area contributed by atoms with Crippen LogP contribution in [0.5, 0.6) is 0 Å². The fraction of sp³-hybridized carbons (Fsp3) is 0.667. The maximum Gasteiger partial charge on any atom is 0.224 e. The van der Waals surface area contributed by atoms with Gasteiger partial charge in [-0.05, 0) is 35.7 Å². The maximum atomic E-state index is 8.67. The molecule has 0 unspecified atom stereocenters. The Morgan fingerprint density at radius 1 is 1.22 bits per heavy atom. The molecule has 1 heterocycles. The van der Waals surface area contributed by atoms with Crippen LogP contribution in [0.15, 0.2) is 10.7 Å². The number of hydrogen-bond donors (Lipinski definition) is 3. The summed E-state index contributed by atoms with van der Waals surface area (Å²) in [4.78, 5) is 8.54. The molecular formula is C12H21BrN4O. The topological polar surface area (TPSA) is 70.1 Å². The van der Waals surface area contributed by atoms with E-state index in [1.165, 1.54) is 0 Å². The Morgan fingerprint density at radius 2 is 2.00 bits per heavy atom. The Hall–Kier alpha value is -0.880. The summed E-state index contributed by atoms with van der Waals surface area (Å²) >= 11 is 3.43. The van der Waals surface area contributed by atoms with E-state index < -0.39 is 0 Å². The van der Waals surface area contributed by atoms with Crippen molar-refractivity contribution in [2.75, 3.05) is 30.3 Å². The number of hydrogen-bond acceptors (Lipinski definition) is 5. The summed E-state index contributed by atoms with van der Waals surface area (Å²) in [6, 6.07) is 0. The summed E-state index contributed by atoms with van der Waals surface area (Å²) < 4.78 is 0.875. The molecule has 5 nitrogen and oxygen atoms in total. The fourth-order valence-corrected chi connectivity index (χ4v) is 1.86. The largest absolute Gasteiger partial charge is 0.396 e. The van der Waals surface area contributed by atoms with E-state index in [1.54, 1.807) is 6.20 Å². The molecule has 0 aliphatic heterocycles. The van der Waals surface area contributed by atoms with Gasteiger partial charge in [0.2, 0.25) is 5.95 Å². The van der Waals surface area contributed by atoms with Crippen LogP contribution in [0.1, 0.15) is 32.6 Å². The van der Waals surface area contributed by atoms with Gasteiger partial charge in [-0.25, -0.2) is 4.98 Å². The molecule has 102 valence electrons. The fourth-order valence-electron chi connectivity index (χ4n) is 1.53. The van der Waals surface area contributed by atoms with Crippen molar-refractivity contribution in [2.45, 2.75) is 32.6 Å². The number of halogens is 1. The molecule has 0 aliphatic rings. The van der Waals surface area contributed by atoms with Gasteiger partial charge in [0, 0.05) is 25.9 Å². The third kappa shape index (κ3) is 5.64. The van der Waals surface area contributed by atoms with Crippen LogP contribution in [0.25, 0.3) is 0 Å². The van der Waals surface area contributed by atoms with Crippen molar-refractivity contribution in [1.29, 1.82) is 0 Å². The van der Waals surface area contributed by atoms with Gasteiger partial charge in [0.15, 0.2) is 0 Å². The molecule has 0 saturated carbocycles. The van der Waals surface area contributed by atoms with E-state index >= 15 is 0 Å². The van der Waals surface area contributed by atoms with Crippen molar-refractivity contribution in [1.82, 2.24) is 9.97 Å². The molecule has 0 radical (unpaired) electrons. The van der Waals surface area contributed by atoms with Crippen molar-refractivity contribution in [3.8, 4) is 0 Å². The lowest BCUT2D eigenvalue weighted by molar-refractivity contribution is 0.283. The predicted octanol–water partition coefficient (Wildman–Crippen LogP) is 2.64. The standard InChI is InChI=1S/C12H21BrN4O/c1-2-14-12-16-9-10(13)11(17-12)15-7-5-3-4-6-8-18/h9,18H,2-8H2,1H3,(H2,14,15,16,17). The zero-order valence-corrected chi connectivity index (χ0v) is 12.3. The molecule has 1 aromatic rings. The van der Waals surface area contributed by atoms with E-state index in [1.807, 2.05) is 6.92 Å². The van der Waals surface area contributed by atoms with Crippen molar-refractivity contribution in [3.05, 3.63) is 10.7 Å².